The highest BCUT2D eigenvalue weighted by molar-refractivity contribution is 5.95. The molecule has 6 nitrogen and oxygen atoms in total. The van der Waals surface area contributed by atoms with E-state index in [0.29, 0.717) is 0 Å². The molecule has 1 unspecified atom stereocenters. The second kappa shape index (κ2) is 4.73. The van der Waals surface area contributed by atoms with Crippen LogP contribution < -0.4 is 5.32 Å². The van der Waals surface area contributed by atoms with E-state index in [1.807, 2.05) is 30.7 Å². The standard InChI is InChI=1S/C15H15N5O/c21-15(10-3-4-20-9-16-8-13(20)5-10)18-12-2-1-11-7-17-19-14(11)6-12/h1-2,6-10H,3-5H2,(H,17,19)(H,18,21). The lowest BCUT2D eigenvalue weighted by molar-refractivity contribution is -0.120. The van der Waals surface area contributed by atoms with Crippen LogP contribution >= 0.6 is 0 Å². The molecule has 3 heterocycles. The minimum Gasteiger partial charge on any atom is -0.335 e. The summed E-state index contributed by atoms with van der Waals surface area (Å²) in [5, 5.41) is 10.9. The molecule has 2 N–H and O–H groups in total. The zero-order valence-electron chi connectivity index (χ0n) is 11.4. The highest BCUT2D eigenvalue weighted by atomic mass is 16.1. The first-order chi connectivity index (χ1) is 10.3. The van der Waals surface area contributed by atoms with E-state index in [1.54, 1.807) is 6.20 Å². The number of anilines is 1. The van der Waals surface area contributed by atoms with E-state index in [2.05, 4.69) is 25.1 Å². The largest absolute Gasteiger partial charge is 0.335 e. The molecule has 0 aliphatic carbocycles. The summed E-state index contributed by atoms with van der Waals surface area (Å²) >= 11 is 0. The van der Waals surface area contributed by atoms with Crippen molar-refractivity contribution in [3.8, 4) is 0 Å². The number of aromatic amines is 1. The summed E-state index contributed by atoms with van der Waals surface area (Å²) in [6.45, 7) is 0.854. The van der Waals surface area contributed by atoms with Crippen molar-refractivity contribution < 1.29 is 4.79 Å². The number of imidazole rings is 1. The van der Waals surface area contributed by atoms with Gasteiger partial charge >= 0.3 is 0 Å². The van der Waals surface area contributed by atoms with Gasteiger partial charge in [-0.2, -0.15) is 5.10 Å². The number of amides is 1. The molecule has 1 aliphatic heterocycles. The van der Waals surface area contributed by atoms with Gasteiger partial charge in [0.05, 0.1) is 18.0 Å². The molecule has 1 aliphatic rings. The topological polar surface area (TPSA) is 75.6 Å². The van der Waals surface area contributed by atoms with Crippen LogP contribution in [-0.4, -0.2) is 25.7 Å². The molecule has 0 radical (unpaired) electrons. The van der Waals surface area contributed by atoms with Crippen LogP contribution in [-0.2, 0) is 17.8 Å². The van der Waals surface area contributed by atoms with Crippen molar-refractivity contribution in [2.45, 2.75) is 19.4 Å². The number of nitrogens with zero attached hydrogens (tertiary/aromatic N) is 3. The van der Waals surface area contributed by atoms with Gasteiger partial charge in [-0.3, -0.25) is 9.89 Å². The molecule has 6 heteroatoms. The fourth-order valence-corrected chi connectivity index (χ4v) is 2.85. The number of nitrogens with one attached hydrogen (secondary N) is 2. The van der Waals surface area contributed by atoms with Crippen molar-refractivity contribution in [3.05, 3.63) is 42.6 Å². The molecule has 1 aromatic carbocycles. The summed E-state index contributed by atoms with van der Waals surface area (Å²) < 4.78 is 2.11. The molecular weight excluding hydrogens is 266 g/mol. The quantitative estimate of drug-likeness (QED) is 0.754. The average molecular weight is 281 g/mol. The van der Waals surface area contributed by atoms with E-state index in [9.17, 15) is 4.79 Å². The minimum absolute atomic E-state index is 0.00617. The Morgan fingerprint density at radius 1 is 1.38 bits per heavy atom. The Bertz CT molecular complexity index is 803. The van der Waals surface area contributed by atoms with E-state index in [4.69, 9.17) is 0 Å². The summed E-state index contributed by atoms with van der Waals surface area (Å²) in [6.07, 6.45) is 7.04. The molecule has 1 atom stereocenters. The van der Waals surface area contributed by atoms with E-state index in [1.165, 1.54) is 0 Å². The van der Waals surface area contributed by atoms with Gasteiger partial charge in [-0.25, -0.2) is 4.98 Å². The maximum Gasteiger partial charge on any atom is 0.227 e. The van der Waals surface area contributed by atoms with Crippen molar-refractivity contribution in [1.29, 1.82) is 0 Å². The van der Waals surface area contributed by atoms with Gasteiger partial charge in [0.25, 0.3) is 0 Å². The molecule has 0 spiro atoms. The highest BCUT2D eigenvalue weighted by Gasteiger charge is 2.24. The zero-order chi connectivity index (χ0) is 14.2. The number of aromatic nitrogens is 4. The molecule has 21 heavy (non-hydrogen) atoms. The van der Waals surface area contributed by atoms with Crippen molar-refractivity contribution >= 4 is 22.5 Å². The van der Waals surface area contributed by atoms with E-state index in [-0.39, 0.29) is 11.8 Å². The first kappa shape index (κ1) is 12.1. The molecule has 0 fully saturated rings. The second-order valence-electron chi connectivity index (χ2n) is 5.43. The van der Waals surface area contributed by atoms with Crippen LogP contribution in [0, 0.1) is 5.92 Å². The lowest BCUT2D eigenvalue weighted by atomic mass is 9.95. The number of hydrogen-bond donors (Lipinski definition) is 2. The third kappa shape index (κ3) is 2.18. The predicted octanol–water partition coefficient (Wildman–Crippen LogP) is 1.96. The molecule has 4 rings (SSSR count). The van der Waals surface area contributed by atoms with Crippen LogP contribution in [0.3, 0.4) is 0 Å². The van der Waals surface area contributed by atoms with Gasteiger partial charge in [-0.15, -0.1) is 0 Å². The Morgan fingerprint density at radius 2 is 2.33 bits per heavy atom. The van der Waals surface area contributed by atoms with E-state index >= 15 is 0 Å². The Hall–Kier alpha value is -2.63. The normalized spacial score (nSPS) is 17.6. The number of hydrogen-bond acceptors (Lipinski definition) is 3. The van der Waals surface area contributed by atoms with Crippen molar-refractivity contribution in [2.24, 2.45) is 5.92 Å². The van der Waals surface area contributed by atoms with Crippen LogP contribution in [0.4, 0.5) is 5.69 Å². The Morgan fingerprint density at radius 3 is 3.29 bits per heavy atom. The third-order valence-corrected chi connectivity index (χ3v) is 4.05. The fraction of sp³-hybridized carbons (Fsp3) is 0.267. The molecule has 0 bridgehead atoms. The lowest BCUT2D eigenvalue weighted by Gasteiger charge is -2.22. The molecule has 1 amide bonds. The smallest absolute Gasteiger partial charge is 0.227 e. The number of rotatable bonds is 2. The Kier molecular flexibility index (Phi) is 2.73. The van der Waals surface area contributed by atoms with Gasteiger partial charge in [0, 0.05) is 41.8 Å². The first-order valence-electron chi connectivity index (χ1n) is 7.02. The van der Waals surface area contributed by atoms with Crippen LogP contribution in [0.25, 0.3) is 10.9 Å². The highest BCUT2D eigenvalue weighted by Crippen LogP contribution is 2.22. The Balaban J connectivity index is 1.50. The summed E-state index contributed by atoms with van der Waals surface area (Å²) in [6, 6.07) is 5.76. The van der Waals surface area contributed by atoms with Crippen LogP contribution in [0.15, 0.2) is 36.9 Å². The van der Waals surface area contributed by atoms with Gasteiger partial charge in [-0.1, -0.05) is 0 Å². The first-order valence-corrected chi connectivity index (χ1v) is 7.02. The predicted molar refractivity (Wildman–Crippen MR) is 78.8 cm³/mol. The monoisotopic (exact) mass is 281 g/mol. The average Bonchev–Trinajstić information content (AvgIpc) is 3.14. The molecule has 3 aromatic rings. The molecule has 106 valence electrons. The zero-order valence-corrected chi connectivity index (χ0v) is 11.4. The van der Waals surface area contributed by atoms with E-state index < -0.39 is 0 Å². The van der Waals surface area contributed by atoms with Crippen molar-refractivity contribution in [2.75, 3.05) is 5.32 Å². The molecule has 2 aromatic heterocycles. The molecular formula is C15H15N5O. The van der Waals surface area contributed by atoms with Crippen molar-refractivity contribution in [3.63, 3.8) is 0 Å². The maximum atomic E-state index is 12.4. The fourth-order valence-electron chi connectivity index (χ4n) is 2.85. The second-order valence-corrected chi connectivity index (χ2v) is 5.43. The molecule has 0 saturated heterocycles. The third-order valence-electron chi connectivity index (χ3n) is 4.05. The number of fused-ring (bicyclic) bond motifs is 2. The van der Waals surface area contributed by atoms with Gasteiger partial charge in [0.1, 0.15) is 0 Å². The summed E-state index contributed by atoms with van der Waals surface area (Å²) in [7, 11) is 0. The summed E-state index contributed by atoms with van der Waals surface area (Å²) in [5.74, 6) is 0.0768. The number of H-pyrrole nitrogens is 1. The van der Waals surface area contributed by atoms with Crippen LogP contribution in [0.2, 0.25) is 0 Å². The summed E-state index contributed by atoms with van der Waals surface area (Å²) in [4.78, 5) is 16.5. The summed E-state index contributed by atoms with van der Waals surface area (Å²) in [5.41, 5.74) is 2.86. The van der Waals surface area contributed by atoms with Crippen molar-refractivity contribution in [1.82, 2.24) is 19.7 Å². The number of benzene rings is 1. The van der Waals surface area contributed by atoms with Crippen LogP contribution in [0.5, 0.6) is 0 Å². The van der Waals surface area contributed by atoms with Gasteiger partial charge < -0.3 is 9.88 Å². The SMILES string of the molecule is O=C(Nc1ccc2cn[nH]c2c1)C1CCn2cncc2C1. The van der Waals surface area contributed by atoms with E-state index in [0.717, 1.165) is 41.7 Å². The van der Waals surface area contributed by atoms with Gasteiger partial charge in [0.2, 0.25) is 5.91 Å². The lowest BCUT2D eigenvalue weighted by Crippen LogP contribution is -2.29. The van der Waals surface area contributed by atoms with Gasteiger partial charge in [-0.05, 0) is 24.6 Å². The molecule has 0 saturated carbocycles. The minimum atomic E-state index is 0.00617. The number of carbonyl (C=O) groups excluding carboxylic acids is 1. The Labute approximate surface area is 121 Å². The number of carbonyl (C=O) groups is 1. The van der Waals surface area contributed by atoms with Crippen LogP contribution in [0.1, 0.15) is 12.1 Å². The maximum absolute atomic E-state index is 12.4. The number of aryl methyl sites for hydroxylation is 1. The van der Waals surface area contributed by atoms with Gasteiger partial charge in [0.15, 0.2) is 0 Å².